The normalized spacial score (nSPS) is 15.4. The number of H-pyrrole nitrogens is 1. The number of hydrogen-bond donors (Lipinski definition) is 2. The fourth-order valence-electron chi connectivity index (χ4n) is 3.45. The predicted molar refractivity (Wildman–Crippen MR) is 94.5 cm³/mol. The Bertz CT molecular complexity index is 762. The average molecular weight is 344 g/mol. The van der Waals surface area contributed by atoms with E-state index < -0.39 is 5.97 Å². The number of ether oxygens (including phenoxy) is 1. The van der Waals surface area contributed by atoms with Gasteiger partial charge < -0.3 is 19.7 Å². The average Bonchev–Trinajstić information content (AvgIpc) is 3.00. The molecule has 2 N–H and O–H groups in total. The Hall–Kier alpha value is -2.34. The molecule has 25 heavy (non-hydrogen) atoms. The van der Waals surface area contributed by atoms with Crippen molar-refractivity contribution < 1.29 is 19.4 Å². The number of hydrogen-bond acceptors (Lipinski definition) is 3. The number of benzene rings is 1. The molecule has 1 aromatic carbocycles. The molecule has 2 heterocycles. The fourth-order valence-corrected chi connectivity index (χ4v) is 3.45. The Morgan fingerprint density at radius 1 is 1.32 bits per heavy atom. The van der Waals surface area contributed by atoms with E-state index in [9.17, 15) is 9.59 Å². The summed E-state index contributed by atoms with van der Waals surface area (Å²) in [5.41, 5.74) is 3.32. The maximum absolute atomic E-state index is 12.7. The number of carbonyl (C=O) groups excluding carboxylic acids is 1. The first-order chi connectivity index (χ1) is 12.0. The van der Waals surface area contributed by atoms with E-state index in [1.54, 1.807) is 0 Å². The standard InChI is InChI=1S/C19H24N2O4/c1-13-2-4-17-16(10-13)14(11-20-17)3-5-18(22)21(12-19(23)24)15-6-8-25-9-7-15/h2,4,10-11,15,20H,3,5-9,12H2,1H3,(H,23,24). The second-order valence-electron chi connectivity index (χ2n) is 6.62. The van der Waals surface area contributed by atoms with Crippen LogP contribution in [0.5, 0.6) is 0 Å². The van der Waals surface area contributed by atoms with Crippen molar-refractivity contribution in [3.63, 3.8) is 0 Å². The molecule has 0 aliphatic carbocycles. The van der Waals surface area contributed by atoms with Gasteiger partial charge in [0.15, 0.2) is 0 Å². The molecule has 0 bridgehead atoms. The van der Waals surface area contributed by atoms with E-state index >= 15 is 0 Å². The van der Waals surface area contributed by atoms with Crippen LogP contribution in [0.3, 0.4) is 0 Å². The predicted octanol–water partition coefficient (Wildman–Crippen LogP) is 2.50. The van der Waals surface area contributed by atoms with E-state index in [0.717, 1.165) is 16.5 Å². The summed E-state index contributed by atoms with van der Waals surface area (Å²) < 4.78 is 5.32. The summed E-state index contributed by atoms with van der Waals surface area (Å²) in [7, 11) is 0. The van der Waals surface area contributed by atoms with Crippen LogP contribution < -0.4 is 0 Å². The van der Waals surface area contributed by atoms with Crippen molar-refractivity contribution in [2.45, 2.75) is 38.6 Å². The van der Waals surface area contributed by atoms with E-state index in [1.165, 1.54) is 10.5 Å². The molecule has 0 saturated carbocycles. The van der Waals surface area contributed by atoms with Gasteiger partial charge in [-0.2, -0.15) is 0 Å². The van der Waals surface area contributed by atoms with Gasteiger partial charge in [-0.15, -0.1) is 0 Å². The van der Waals surface area contributed by atoms with Crippen molar-refractivity contribution in [1.29, 1.82) is 0 Å². The third-order valence-corrected chi connectivity index (χ3v) is 4.79. The van der Waals surface area contributed by atoms with Crippen molar-refractivity contribution in [3.8, 4) is 0 Å². The van der Waals surface area contributed by atoms with Gasteiger partial charge in [0.05, 0.1) is 0 Å². The molecule has 1 aliphatic rings. The Morgan fingerprint density at radius 3 is 2.80 bits per heavy atom. The molecule has 1 fully saturated rings. The maximum Gasteiger partial charge on any atom is 0.323 e. The minimum atomic E-state index is -0.970. The first-order valence-electron chi connectivity index (χ1n) is 8.70. The van der Waals surface area contributed by atoms with Crippen LogP contribution in [0, 0.1) is 6.92 Å². The van der Waals surface area contributed by atoms with Gasteiger partial charge in [0.1, 0.15) is 6.54 Å². The molecule has 0 spiro atoms. The van der Waals surface area contributed by atoms with Crippen LogP contribution in [0.2, 0.25) is 0 Å². The Kier molecular flexibility index (Phi) is 5.38. The van der Waals surface area contributed by atoms with Crippen LogP contribution in [0.1, 0.15) is 30.4 Å². The topological polar surface area (TPSA) is 82.6 Å². The van der Waals surface area contributed by atoms with Crippen LogP contribution in [0.4, 0.5) is 0 Å². The van der Waals surface area contributed by atoms with Crippen LogP contribution >= 0.6 is 0 Å². The Labute approximate surface area is 146 Å². The summed E-state index contributed by atoms with van der Waals surface area (Å²) in [6, 6.07) is 6.16. The van der Waals surface area contributed by atoms with Crippen LogP contribution in [-0.2, 0) is 20.7 Å². The van der Waals surface area contributed by atoms with E-state index in [1.807, 2.05) is 25.3 Å². The van der Waals surface area contributed by atoms with Crippen molar-refractivity contribution in [2.24, 2.45) is 0 Å². The van der Waals surface area contributed by atoms with Gasteiger partial charge in [0.2, 0.25) is 5.91 Å². The monoisotopic (exact) mass is 344 g/mol. The SMILES string of the molecule is Cc1ccc2[nH]cc(CCC(=O)N(CC(=O)O)C3CCOCC3)c2c1. The van der Waals surface area contributed by atoms with Gasteiger partial charge in [0.25, 0.3) is 0 Å². The highest BCUT2D eigenvalue weighted by Crippen LogP contribution is 2.22. The van der Waals surface area contributed by atoms with E-state index in [4.69, 9.17) is 9.84 Å². The molecule has 1 aliphatic heterocycles. The maximum atomic E-state index is 12.7. The van der Waals surface area contributed by atoms with Crippen molar-refractivity contribution >= 4 is 22.8 Å². The van der Waals surface area contributed by atoms with Crippen LogP contribution in [0.15, 0.2) is 24.4 Å². The largest absolute Gasteiger partial charge is 0.480 e. The zero-order valence-electron chi connectivity index (χ0n) is 14.5. The Morgan fingerprint density at radius 2 is 2.08 bits per heavy atom. The number of nitrogens with one attached hydrogen (secondary N) is 1. The van der Waals surface area contributed by atoms with E-state index in [0.29, 0.717) is 38.9 Å². The quantitative estimate of drug-likeness (QED) is 0.843. The van der Waals surface area contributed by atoms with Gasteiger partial charge in [0, 0.05) is 42.8 Å². The summed E-state index contributed by atoms with van der Waals surface area (Å²) in [4.78, 5) is 28.6. The first-order valence-corrected chi connectivity index (χ1v) is 8.70. The number of aliphatic carboxylic acids is 1. The number of rotatable bonds is 6. The molecule has 0 atom stereocenters. The van der Waals surface area contributed by atoms with Gasteiger partial charge in [-0.1, -0.05) is 11.6 Å². The molecule has 0 unspecified atom stereocenters. The van der Waals surface area contributed by atoms with Crippen molar-refractivity contribution in [3.05, 3.63) is 35.5 Å². The zero-order valence-corrected chi connectivity index (χ0v) is 14.5. The third kappa shape index (κ3) is 4.20. The number of carboxylic acids is 1. The number of nitrogens with zero attached hydrogens (tertiary/aromatic N) is 1. The second-order valence-corrected chi connectivity index (χ2v) is 6.62. The number of carboxylic acid groups (broad SMARTS) is 1. The molecule has 2 aromatic rings. The smallest absolute Gasteiger partial charge is 0.323 e. The summed E-state index contributed by atoms with van der Waals surface area (Å²) in [5, 5.41) is 10.3. The highest BCUT2D eigenvalue weighted by molar-refractivity contribution is 5.85. The highest BCUT2D eigenvalue weighted by Gasteiger charge is 2.27. The summed E-state index contributed by atoms with van der Waals surface area (Å²) in [6.07, 6.45) is 4.25. The zero-order chi connectivity index (χ0) is 17.8. The highest BCUT2D eigenvalue weighted by atomic mass is 16.5. The minimum absolute atomic E-state index is 0.0393. The molecule has 134 valence electrons. The van der Waals surface area contributed by atoms with Crippen LogP contribution in [-0.4, -0.2) is 52.7 Å². The molecular weight excluding hydrogens is 320 g/mol. The molecule has 6 heteroatoms. The summed E-state index contributed by atoms with van der Waals surface area (Å²) >= 11 is 0. The molecule has 0 radical (unpaired) electrons. The molecular formula is C19H24N2O4. The Balaban J connectivity index is 1.69. The second kappa shape index (κ2) is 7.70. The minimum Gasteiger partial charge on any atom is -0.480 e. The van der Waals surface area contributed by atoms with Crippen LogP contribution in [0.25, 0.3) is 10.9 Å². The number of fused-ring (bicyclic) bond motifs is 1. The first kappa shape index (κ1) is 17.5. The number of amides is 1. The van der Waals surface area contributed by atoms with Gasteiger partial charge >= 0.3 is 5.97 Å². The van der Waals surface area contributed by atoms with Crippen molar-refractivity contribution in [1.82, 2.24) is 9.88 Å². The summed E-state index contributed by atoms with van der Waals surface area (Å²) in [5.74, 6) is -1.07. The van der Waals surface area contributed by atoms with Gasteiger partial charge in [-0.05, 0) is 43.9 Å². The summed E-state index contributed by atoms with van der Waals surface area (Å²) in [6.45, 7) is 2.96. The van der Waals surface area contributed by atoms with E-state index in [-0.39, 0.29) is 18.5 Å². The lowest BCUT2D eigenvalue weighted by Gasteiger charge is -2.33. The number of aromatic amines is 1. The van der Waals surface area contributed by atoms with Gasteiger partial charge in [-0.25, -0.2) is 0 Å². The molecule has 3 rings (SSSR count). The number of carbonyl (C=O) groups is 2. The molecule has 1 amide bonds. The van der Waals surface area contributed by atoms with Gasteiger partial charge in [-0.3, -0.25) is 9.59 Å². The lowest BCUT2D eigenvalue weighted by molar-refractivity contribution is -0.147. The molecule has 1 saturated heterocycles. The lowest BCUT2D eigenvalue weighted by atomic mass is 10.0. The fraction of sp³-hybridized carbons (Fsp3) is 0.474. The van der Waals surface area contributed by atoms with Crippen molar-refractivity contribution in [2.75, 3.05) is 19.8 Å². The number of aryl methyl sites for hydroxylation is 2. The number of aromatic nitrogens is 1. The third-order valence-electron chi connectivity index (χ3n) is 4.79. The lowest BCUT2D eigenvalue weighted by Crippen LogP contribution is -2.46. The van der Waals surface area contributed by atoms with E-state index in [2.05, 4.69) is 11.1 Å². The molecule has 1 aromatic heterocycles. The molecule has 6 nitrogen and oxygen atoms in total.